The first-order valence-electron chi connectivity index (χ1n) is 4.92. The number of rotatable bonds is 3. The summed E-state index contributed by atoms with van der Waals surface area (Å²) in [5.74, 6) is 0.505. The maximum atomic E-state index is 5.88. The molecule has 0 bridgehead atoms. The van der Waals surface area contributed by atoms with Crippen LogP contribution >= 0.6 is 23.2 Å². The van der Waals surface area contributed by atoms with Crippen LogP contribution in [0.5, 0.6) is 5.75 Å². The summed E-state index contributed by atoms with van der Waals surface area (Å²) < 4.78 is 7.23. The van der Waals surface area contributed by atoms with Crippen LogP contribution in [0.1, 0.15) is 5.69 Å². The first-order valence-corrected chi connectivity index (χ1v) is 5.67. The number of nitrogens with zero attached hydrogens (tertiary/aromatic N) is 2. The fourth-order valence-electron chi connectivity index (χ4n) is 1.36. The lowest BCUT2D eigenvalue weighted by Gasteiger charge is -2.08. The molecular weight excluding hydrogens is 261 g/mol. The largest absolute Gasteiger partial charge is 0.485 e. The molecule has 1 aromatic heterocycles. The Balaban J connectivity index is 2.11. The van der Waals surface area contributed by atoms with Gasteiger partial charge in [0.2, 0.25) is 0 Å². The standard InChI is InChI=1S/C11H11Cl2N3O/c1-16-3-2-7(15-16)6-17-11-5-9(13)8(12)4-10(11)14/h2-5H,6,14H2,1H3. The molecule has 0 atom stereocenters. The maximum absolute atomic E-state index is 5.88. The van der Waals surface area contributed by atoms with Gasteiger partial charge in [-0.1, -0.05) is 23.2 Å². The minimum absolute atomic E-state index is 0.336. The van der Waals surface area contributed by atoms with Gasteiger partial charge < -0.3 is 10.5 Å². The summed E-state index contributed by atoms with van der Waals surface area (Å²) in [5, 5.41) is 5.01. The van der Waals surface area contributed by atoms with Crippen LogP contribution in [-0.4, -0.2) is 9.78 Å². The number of ether oxygens (including phenoxy) is 1. The maximum Gasteiger partial charge on any atom is 0.144 e. The van der Waals surface area contributed by atoms with Gasteiger partial charge in [-0.2, -0.15) is 5.10 Å². The molecule has 0 fully saturated rings. The lowest BCUT2D eigenvalue weighted by molar-refractivity contribution is 0.302. The van der Waals surface area contributed by atoms with Crippen molar-refractivity contribution in [3.05, 3.63) is 40.1 Å². The average molecular weight is 272 g/mol. The van der Waals surface area contributed by atoms with Crippen LogP contribution in [0, 0.1) is 0 Å². The van der Waals surface area contributed by atoms with Crippen molar-refractivity contribution < 1.29 is 4.74 Å². The van der Waals surface area contributed by atoms with Crippen molar-refractivity contribution in [1.29, 1.82) is 0 Å². The minimum atomic E-state index is 0.336. The number of nitrogens with two attached hydrogens (primary N) is 1. The number of nitrogen functional groups attached to an aromatic ring is 1. The molecule has 0 saturated carbocycles. The molecule has 90 valence electrons. The molecule has 0 spiro atoms. The van der Waals surface area contributed by atoms with E-state index in [1.807, 2.05) is 19.3 Å². The fraction of sp³-hybridized carbons (Fsp3) is 0.182. The molecule has 1 heterocycles. The molecular formula is C11H11Cl2N3O. The zero-order chi connectivity index (χ0) is 12.4. The van der Waals surface area contributed by atoms with Crippen molar-refractivity contribution in [1.82, 2.24) is 9.78 Å². The Bertz CT molecular complexity index is 540. The Morgan fingerprint density at radius 3 is 2.71 bits per heavy atom. The summed E-state index contributed by atoms with van der Waals surface area (Å²) in [6.45, 7) is 0.336. The molecule has 0 amide bonds. The van der Waals surface area contributed by atoms with Crippen molar-refractivity contribution >= 4 is 28.9 Å². The summed E-state index contributed by atoms with van der Waals surface area (Å²) in [4.78, 5) is 0. The second-order valence-electron chi connectivity index (χ2n) is 3.57. The predicted molar refractivity (Wildman–Crippen MR) is 68.4 cm³/mol. The number of aryl methyl sites for hydroxylation is 1. The second kappa shape index (κ2) is 4.85. The predicted octanol–water partition coefficient (Wildman–Crippen LogP) is 2.89. The zero-order valence-electron chi connectivity index (χ0n) is 9.15. The number of anilines is 1. The number of halogens is 2. The molecule has 2 aromatic rings. The molecule has 17 heavy (non-hydrogen) atoms. The SMILES string of the molecule is Cn1ccc(COc2cc(Cl)c(Cl)cc2N)n1. The zero-order valence-corrected chi connectivity index (χ0v) is 10.7. The Kier molecular flexibility index (Phi) is 3.45. The van der Waals surface area contributed by atoms with E-state index in [4.69, 9.17) is 33.7 Å². The van der Waals surface area contributed by atoms with E-state index in [0.29, 0.717) is 28.1 Å². The molecule has 0 saturated heterocycles. The molecule has 2 N–H and O–H groups in total. The number of hydrogen-bond donors (Lipinski definition) is 1. The highest BCUT2D eigenvalue weighted by atomic mass is 35.5. The summed E-state index contributed by atoms with van der Waals surface area (Å²) in [5.41, 5.74) is 7.04. The van der Waals surface area contributed by atoms with Crippen molar-refractivity contribution in [2.45, 2.75) is 6.61 Å². The van der Waals surface area contributed by atoms with E-state index in [0.717, 1.165) is 5.69 Å². The van der Waals surface area contributed by atoms with E-state index in [2.05, 4.69) is 5.10 Å². The molecule has 4 nitrogen and oxygen atoms in total. The van der Waals surface area contributed by atoms with Crippen molar-refractivity contribution in [3.8, 4) is 5.75 Å². The minimum Gasteiger partial charge on any atom is -0.485 e. The molecule has 0 aliphatic carbocycles. The third-order valence-corrected chi connectivity index (χ3v) is 2.92. The van der Waals surface area contributed by atoms with Gasteiger partial charge >= 0.3 is 0 Å². The van der Waals surface area contributed by atoms with E-state index in [-0.39, 0.29) is 0 Å². The Labute approximate surface area is 109 Å². The van der Waals surface area contributed by atoms with Crippen LogP contribution < -0.4 is 10.5 Å². The first kappa shape index (κ1) is 12.1. The van der Waals surface area contributed by atoms with Gasteiger partial charge in [-0.15, -0.1) is 0 Å². The third-order valence-electron chi connectivity index (χ3n) is 2.20. The van der Waals surface area contributed by atoms with Crippen LogP contribution in [0.25, 0.3) is 0 Å². The normalized spacial score (nSPS) is 10.5. The highest BCUT2D eigenvalue weighted by Gasteiger charge is 2.07. The van der Waals surface area contributed by atoms with Crippen molar-refractivity contribution in [2.24, 2.45) is 7.05 Å². The van der Waals surface area contributed by atoms with Crippen LogP contribution in [-0.2, 0) is 13.7 Å². The average Bonchev–Trinajstić information content (AvgIpc) is 2.68. The van der Waals surface area contributed by atoms with E-state index in [9.17, 15) is 0 Å². The van der Waals surface area contributed by atoms with Crippen molar-refractivity contribution in [3.63, 3.8) is 0 Å². The van der Waals surface area contributed by atoms with Gasteiger partial charge in [0.1, 0.15) is 12.4 Å². The van der Waals surface area contributed by atoms with Gasteiger partial charge in [0.15, 0.2) is 0 Å². The lowest BCUT2D eigenvalue weighted by Crippen LogP contribution is -2.00. The molecule has 0 aliphatic heterocycles. The number of benzene rings is 1. The van der Waals surface area contributed by atoms with Crippen LogP contribution in [0.2, 0.25) is 10.0 Å². The summed E-state index contributed by atoms with van der Waals surface area (Å²) in [6.07, 6.45) is 1.84. The monoisotopic (exact) mass is 271 g/mol. The Morgan fingerprint density at radius 2 is 2.06 bits per heavy atom. The van der Waals surface area contributed by atoms with E-state index >= 15 is 0 Å². The summed E-state index contributed by atoms with van der Waals surface area (Å²) in [7, 11) is 1.84. The van der Waals surface area contributed by atoms with Crippen LogP contribution in [0.3, 0.4) is 0 Å². The van der Waals surface area contributed by atoms with Crippen LogP contribution in [0.4, 0.5) is 5.69 Å². The molecule has 6 heteroatoms. The summed E-state index contributed by atoms with van der Waals surface area (Å²) in [6, 6.07) is 5.04. The fourth-order valence-corrected chi connectivity index (χ4v) is 1.69. The molecule has 1 aromatic carbocycles. The number of hydrogen-bond acceptors (Lipinski definition) is 3. The van der Waals surface area contributed by atoms with Crippen molar-refractivity contribution in [2.75, 3.05) is 5.73 Å². The van der Waals surface area contributed by atoms with Gasteiger partial charge in [-0.05, 0) is 12.1 Å². The molecule has 0 unspecified atom stereocenters. The van der Waals surface area contributed by atoms with Gasteiger partial charge in [-0.25, -0.2) is 0 Å². The van der Waals surface area contributed by atoms with Gasteiger partial charge in [0.05, 0.1) is 21.4 Å². The topological polar surface area (TPSA) is 53.1 Å². The second-order valence-corrected chi connectivity index (χ2v) is 4.39. The van der Waals surface area contributed by atoms with E-state index in [1.54, 1.807) is 16.8 Å². The first-order chi connectivity index (χ1) is 8.06. The van der Waals surface area contributed by atoms with Gasteiger partial charge in [-0.3, -0.25) is 4.68 Å². The highest BCUT2D eigenvalue weighted by molar-refractivity contribution is 6.42. The number of aromatic nitrogens is 2. The van der Waals surface area contributed by atoms with Gasteiger partial charge in [0.25, 0.3) is 0 Å². The van der Waals surface area contributed by atoms with E-state index in [1.165, 1.54) is 0 Å². The summed E-state index contributed by atoms with van der Waals surface area (Å²) >= 11 is 11.7. The lowest BCUT2D eigenvalue weighted by atomic mass is 10.3. The van der Waals surface area contributed by atoms with Gasteiger partial charge in [0, 0.05) is 19.3 Å². The molecule has 0 radical (unpaired) electrons. The third kappa shape index (κ3) is 2.84. The quantitative estimate of drug-likeness (QED) is 0.874. The Hall–Kier alpha value is -1.39. The molecule has 2 rings (SSSR count). The highest BCUT2D eigenvalue weighted by Crippen LogP contribution is 2.32. The van der Waals surface area contributed by atoms with E-state index < -0.39 is 0 Å². The van der Waals surface area contributed by atoms with Crippen LogP contribution in [0.15, 0.2) is 24.4 Å². The smallest absolute Gasteiger partial charge is 0.144 e. The molecule has 0 aliphatic rings. The Morgan fingerprint density at radius 1 is 1.35 bits per heavy atom.